The van der Waals surface area contributed by atoms with Gasteiger partial charge in [-0.1, -0.05) is 23.7 Å². The molecule has 2 amide bonds. The average molecular weight is 543 g/mol. The van der Waals surface area contributed by atoms with Gasteiger partial charge in [0.15, 0.2) is 15.6 Å². The molecule has 1 fully saturated rings. The Balaban J connectivity index is 1.25. The summed E-state index contributed by atoms with van der Waals surface area (Å²) in [5.74, 6) is -1.08. The first-order valence-corrected chi connectivity index (χ1v) is 14.4. The number of anilines is 2. The maximum atomic E-state index is 13.1. The van der Waals surface area contributed by atoms with Crippen LogP contribution in [-0.4, -0.2) is 38.3 Å². The van der Waals surface area contributed by atoms with Crippen LogP contribution in [0.4, 0.5) is 11.4 Å². The van der Waals surface area contributed by atoms with Crippen molar-refractivity contribution >= 4 is 61.7 Å². The molecule has 2 aromatic carbocycles. The van der Waals surface area contributed by atoms with Crippen LogP contribution in [0.2, 0.25) is 4.34 Å². The molecule has 0 saturated heterocycles. The van der Waals surface area contributed by atoms with E-state index in [1.165, 1.54) is 25.0 Å². The van der Waals surface area contributed by atoms with E-state index in [1.807, 2.05) is 12.1 Å². The minimum Gasteiger partial charge on any atom is -0.385 e. The number of ketones is 1. The number of hydrogen-bond acceptors (Lipinski definition) is 7. The minimum atomic E-state index is -3.75. The van der Waals surface area contributed by atoms with E-state index in [-0.39, 0.29) is 28.9 Å². The Morgan fingerprint density at radius 2 is 1.81 bits per heavy atom. The van der Waals surface area contributed by atoms with E-state index in [1.54, 1.807) is 30.3 Å². The van der Waals surface area contributed by atoms with Crippen molar-refractivity contribution in [2.75, 3.05) is 22.5 Å². The van der Waals surface area contributed by atoms with Gasteiger partial charge in [-0.3, -0.25) is 14.4 Å². The molecule has 10 heteroatoms. The topological polar surface area (TPSA) is 101 Å². The van der Waals surface area contributed by atoms with E-state index in [4.69, 9.17) is 11.6 Å². The third-order valence-corrected chi connectivity index (χ3v) is 9.71. The molecule has 1 N–H and O–H groups in total. The minimum absolute atomic E-state index is 0.0596. The highest BCUT2D eigenvalue weighted by molar-refractivity contribution is 7.94. The zero-order chi connectivity index (χ0) is 25.4. The van der Waals surface area contributed by atoms with E-state index < -0.39 is 21.4 Å². The quantitative estimate of drug-likeness (QED) is 0.398. The lowest BCUT2D eigenvalue weighted by Crippen LogP contribution is -2.42. The van der Waals surface area contributed by atoms with E-state index >= 15 is 0 Å². The van der Waals surface area contributed by atoms with Crippen LogP contribution >= 0.6 is 22.9 Å². The van der Waals surface area contributed by atoms with Crippen LogP contribution < -0.4 is 10.2 Å². The van der Waals surface area contributed by atoms with Crippen molar-refractivity contribution in [1.29, 1.82) is 0 Å². The Labute approximate surface area is 218 Å². The van der Waals surface area contributed by atoms with E-state index in [0.29, 0.717) is 32.6 Å². The van der Waals surface area contributed by atoms with Gasteiger partial charge in [-0.2, -0.15) is 0 Å². The molecule has 1 aliphatic heterocycles. The van der Waals surface area contributed by atoms with Crippen molar-refractivity contribution < 1.29 is 22.8 Å². The molecule has 1 aliphatic carbocycles. The predicted octanol–water partition coefficient (Wildman–Crippen LogP) is 4.54. The number of imide groups is 1. The molecule has 5 rings (SSSR count). The fraction of sp³-hybridized carbons (Fsp3) is 0.269. The summed E-state index contributed by atoms with van der Waals surface area (Å²) in [4.78, 5) is 39.6. The molecule has 2 heterocycles. The zero-order valence-corrected chi connectivity index (χ0v) is 21.6. The van der Waals surface area contributed by atoms with Gasteiger partial charge in [-0.15, -0.1) is 11.3 Å². The Bertz CT molecular complexity index is 1460. The number of carbonyl (C=O) groups is 3. The molecule has 0 bridgehead atoms. The second-order valence-corrected chi connectivity index (χ2v) is 13.0. The van der Waals surface area contributed by atoms with Crippen molar-refractivity contribution in [3.63, 3.8) is 0 Å². The maximum absolute atomic E-state index is 13.1. The Kier molecular flexibility index (Phi) is 6.72. The van der Waals surface area contributed by atoms with Crippen LogP contribution in [0.1, 0.15) is 34.3 Å². The Morgan fingerprint density at radius 1 is 1.06 bits per heavy atom. The first-order chi connectivity index (χ1) is 17.2. The van der Waals surface area contributed by atoms with Crippen LogP contribution in [0.5, 0.6) is 0 Å². The number of thiophene rings is 1. The Hall–Kier alpha value is -3.01. The smallest absolute Gasteiger partial charge is 0.265 e. The van der Waals surface area contributed by atoms with Crippen molar-refractivity contribution in [3.05, 3.63) is 75.6 Å². The third kappa shape index (κ3) is 5.38. The number of halogens is 1. The van der Waals surface area contributed by atoms with E-state index in [0.717, 1.165) is 28.5 Å². The van der Waals surface area contributed by atoms with Crippen LogP contribution in [-0.2, 0) is 32.3 Å². The van der Waals surface area contributed by atoms with Gasteiger partial charge in [0.1, 0.15) is 9.96 Å². The number of carbonyl (C=O) groups excluding carboxylic acids is 3. The highest BCUT2D eigenvalue weighted by Crippen LogP contribution is 2.31. The molecule has 36 heavy (non-hydrogen) atoms. The van der Waals surface area contributed by atoms with Gasteiger partial charge >= 0.3 is 0 Å². The molecule has 1 aromatic heterocycles. The summed E-state index contributed by atoms with van der Waals surface area (Å²) < 4.78 is 25.2. The largest absolute Gasteiger partial charge is 0.385 e. The van der Waals surface area contributed by atoms with Crippen molar-refractivity contribution in [3.8, 4) is 0 Å². The average Bonchev–Trinajstić information content (AvgIpc) is 3.55. The van der Waals surface area contributed by atoms with Gasteiger partial charge in [0.25, 0.3) is 5.91 Å². The standard InChI is InChI=1S/C26H23ClN2O5S2/c27-23-9-10-25(35-23)36(33,34)15-21(30)11-16-3-6-20(7-4-16)29-24(31)13-18-12-19(28-14-17-1-2-17)5-8-22(18)26(29)32/h3-10,12,17,28H,1-2,11,13-15H2. The highest BCUT2D eigenvalue weighted by Gasteiger charge is 2.32. The van der Waals surface area contributed by atoms with Crippen molar-refractivity contribution in [2.24, 2.45) is 5.92 Å². The van der Waals surface area contributed by atoms with Crippen molar-refractivity contribution in [2.45, 2.75) is 29.9 Å². The molecular weight excluding hydrogens is 520 g/mol. The number of sulfone groups is 1. The molecule has 186 valence electrons. The van der Waals surface area contributed by atoms with E-state index in [9.17, 15) is 22.8 Å². The molecule has 0 radical (unpaired) electrons. The summed E-state index contributed by atoms with van der Waals surface area (Å²) in [5.41, 5.74) is 3.10. The molecule has 0 spiro atoms. The van der Waals surface area contributed by atoms with Crippen LogP contribution in [0.15, 0.2) is 58.8 Å². The number of amides is 2. The lowest BCUT2D eigenvalue weighted by molar-refractivity contribution is -0.118. The van der Waals surface area contributed by atoms with Gasteiger partial charge < -0.3 is 5.32 Å². The van der Waals surface area contributed by atoms with Gasteiger partial charge in [0, 0.05) is 24.2 Å². The maximum Gasteiger partial charge on any atom is 0.265 e. The summed E-state index contributed by atoms with van der Waals surface area (Å²) in [5, 5.41) is 3.37. The molecular formula is C26H23ClN2O5S2. The Morgan fingerprint density at radius 3 is 2.47 bits per heavy atom. The van der Waals surface area contributed by atoms with Gasteiger partial charge in [0.2, 0.25) is 5.91 Å². The molecule has 0 atom stereocenters. The second-order valence-electron chi connectivity index (χ2n) is 9.11. The zero-order valence-electron chi connectivity index (χ0n) is 19.2. The SMILES string of the molecule is O=C(Cc1ccc(N2C(=O)Cc3cc(NCC4CC4)ccc3C2=O)cc1)CS(=O)(=O)c1ccc(Cl)s1. The number of Topliss-reactive ketones (excluding diaryl/α,β-unsaturated/α-hetero) is 1. The van der Waals surface area contributed by atoms with Crippen molar-refractivity contribution in [1.82, 2.24) is 0 Å². The number of fused-ring (bicyclic) bond motifs is 1. The number of benzene rings is 2. The van der Waals surface area contributed by atoms with Gasteiger partial charge in [-0.25, -0.2) is 13.3 Å². The predicted molar refractivity (Wildman–Crippen MR) is 140 cm³/mol. The van der Waals surface area contributed by atoms with Crippen LogP contribution in [0, 0.1) is 5.92 Å². The number of hydrogen-bond donors (Lipinski definition) is 1. The summed E-state index contributed by atoms with van der Waals surface area (Å²) in [7, 11) is -3.75. The number of nitrogens with zero attached hydrogens (tertiary/aromatic N) is 1. The molecule has 1 saturated carbocycles. The first-order valence-electron chi connectivity index (χ1n) is 11.5. The molecule has 2 aliphatic rings. The normalized spacial score (nSPS) is 15.6. The van der Waals surface area contributed by atoms with Crippen LogP contribution in [0.3, 0.4) is 0 Å². The molecule has 0 unspecified atom stereocenters. The summed E-state index contributed by atoms with van der Waals surface area (Å²) in [6.07, 6.45) is 2.51. The molecule has 7 nitrogen and oxygen atoms in total. The summed E-state index contributed by atoms with van der Waals surface area (Å²) >= 11 is 6.72. The van der Waals surface area contributed by atoms with Crippen LogP contribution in [0.25, 0.3) is 0 Å². The van der Waals surface area contributed by atoms with Gasteiger partial charge in [-0.05, 0) is 72.4 Å². The van der Waals surface area contributed by atoms with Gasteiger partial charge in [0.05, 0.1) is 16.4 Å². The summed E-state index contributed by atoms with van der Waals surface area (Å²) in [6.45, 7) is 0.899. The third-order valence-electron chi connectivity index (χ3n) is 6.22. The molecule has 3 aromatic rings. The lowest BCUT2D eigenvalue weighted by atomic mass is 9.97. The first kappa shape index (κ1) is 24.7. The lowest BCUT2D eigenvalue weighted by Gasteiger charge is -2.27. The fourth-order valence-corrected chi connectivity index (χ4v) is 6.98. The number of nitrogens with one attached hydrogen (secondary N) is 1. The second kappa shape index (κ2) is 9.80. The van der Waals surface area contributed by atoms with E-state index in [2.05, 4.69) is 5.32 Å². The summed E-state index contributed by atoms with van der Waals surface area (Å²) in [6, 6.07) is 14.8. The number of rotatable bonds is 9. The monoisotopic (exact) mass is 542 g/mol. The fourth-order valence-electron chi connectivity index (χ4n) is 4.17. The highest BCUT2D eigenvalue weighted by atomic mass is 35.5.